The van der Waals surface area contributed by atoms with Crippen molar-refractivity contribution in [3.05, 3.63) is 22.8 Å². The topological polar surface area (TPSA) is 62.4 Å². The fourth-order valence-corrected chi connectivity index (χ4v) is 1.90. The fourth-order valence-electron chi connectivity index (χ4n) is 1.73. The Labute approximate surface area is 107 Å². The third-order valence-electron chi connectivity index (χ3n) is 2.89. The third kappa shape index (κ3) is 4.15. The molecule has 0 radical (unpaired) electrons. The zero-order valence-corrected chi connectivity index (χ0v) is 11.1. The highest BCUT2D eigenvalue weighted by atomic mass is 35.5. The molecule has 0 saturated heterocycles. The van der Waals surface area contributed by atoms with Crippen molar-refractivity contribution in [3.8, 4) is 0 Å². The summed E-state index contributed by atoms with van der Waals surface area (Å²) < 4.78 is 0. The van der Waals surface area contributed by atoms with Crippen LogP contribution in [0.4, 0.5) is 5.82 Å². The highest BCUT2D eigenvalue weighted by Crippen LogP contribution is 2.24. The molecule has 1 atom stereocenters. The molecular formula is C12H20ClN3O. The van der Waals surface area contributed by atoms with E-state index < -0.39 is 6.10 Å². The molecule has 0 amide bonds. The van der Waals surface area contributed by atoms with Gasteiger partial charge in [0.15, 0.2) is 0 Å². The number of nitrogens with zero attached hydrogens (tertiary/aromatic N) is 2. The van der Waals surface area contributed by atoms with Gasteiger partial charge < -0.3 is 15.7 Å². The van der Waals surface area contributed by atoms with E-state index in [1.165, 1.54) is 6.20 Å². The lowest BCUT2D eigenvalue weighted by Crippen LogP contribution is -2.25. The lowest BCUT2D eigenvalue weighted by Gasteiger charge is -2.20. The molecule has 1 heterocycles. The van der Waals surface area contributed by atoms with Crippen molar-refractivity contribution in [3.63, 3.8) is 0 Å². The molecule has 1 rings (SSSR count). The predicted octanol–water partition coefficient (Wildman–Crippen LogP) is 2.08. The molecule has 0 spiro atoms. The number of hydrogen-bond acceptors (Lipinski definition) is 4. The molecule has 17 heavy (non-hydrogen) atoms. The van der Waals surface area contributed by atoms with Gasteiger partial charge in [-0.3, -0.25) is 0 Å². The van der Waals surface area contributed by atoms with Crippen LogP contribution in [0.1, 0.15) is 31.9 Å². The number of aliphatic hydroxyl groups is 1. The summed E-state index contributed by atoms with van der Waals surface area (Å²) in [6.07, 6.45) is 1.51. The van der Waals surface area contributed by atoms with Crippen molar-refractivity contribution in [1.29, 1.82) is 0 Å². The van der Waals surface area contributed by atoms with Gasteiger partial charge in [0.05, 0.1) is 11.1 Å². The van der Waals surface area contributed by atoms with Gasteiger partial charge in [-0.25, -0.2) is 4.98 Å². The molecular weight excluding hydrogens is 238 g/mol. The lowest BCUT2D eigenvalue weighted by atomic mass is 10.1. The van der Waals surface area contributed by atoms with Gasteiger partial charge >= 0.3 is 0 Å². The highest BCUT2D eigenvalue weighted by molar-refractivity contribution is 6.30. The normalized spacial score (nSPS) is 13.0. The molecule has 1 aromatic heterocycles. The molecule has 1 unspecified atom stereocenters. The highest BCUT2D eigenvalue weighted by Gasteiger charge is 2.13. The third-order valence-corrected chi connectivity index (χ3v) is 3.10. The number of nitrogen functional groups attached to an aromatic ring is 1. The van der Waals surface area contributed by atoms with Crippen molar-refractivity contribution >= 4 is 17.4 Å². The van der Waals surface area contributed by atoms with E-state index in [-0.39, 0.29) is 0 Å². The van der Waals surface area contributed by atoms with Gasteiger partial charge in [0.1, 0.15) is 5.82 Å². The molecule has 0 saturated carbocycles. The standard InChI is InChI=1S/C12H20ClN3O/c1-3-16(4-2)6-5-11(17)10-7-9(13)8-15-12(10)14/h7-8,11,17H,3-6H2,1-2H3,(H2,14,15). The number of aromatic nitrogens is 1. The molecule has 3 N–H and O–H groups in total. The Morgan fingerprint density at radius 2 is 2.12 bits per heavy atom. The van der Waals surface area contributed by atoms with E-state index in [1.54, 1.807) is 6.07 Å². The van der Waals surface area contributed by atoms with Crippen molar-refractivity contribution in [2.45, 2.75) is 26.4 Å². The summed E-state index contributed by atoms with van der Waals surface area (Å²) in [6, 6.07) is 1.68. The lowest BCUT2D eigenvalue weighted by molar-refractivity contribution is 0.145. The molecule has 0 bridgehead atoms. The first-order valence-electron chi connectivity index (χ1n) is 5.89. The van der Waals surface area contributed by atoms with Crippen molar-refractivity contribution in [1.82, 2.24) is 9.88 Å². The van der Waals surface area contributed by atoms with Gasteiger partial charge in [-0.2, -0.15) is 0 Å². The van der Waals surface area contributed by atoms with Crippen molar-refractivity contribution in [2.75, 3.05) is 25.4 Å². The Kier molecular flexibility index (Phi) is 5.68. The quantitative estimate of drug-likeness (QED) is 0.819. The van der Waals surface area contributed by atoms with Gasteiger partial charge in [-0.1, -0.05) is 25.4 Å². The van der Waals surface area contributed by atoms with Crippen LogP contribution in [0.5, 0.6) is 0 Å². The summed E-state index contributed by atoms with van der Waals surface area (Å²) >= 11 is 5.84. The van der Waals surface area contributed by atoms with E-state index in [9.17, 15) is 5.11 Å². The molecule has 0 aromatic carbocycles. The first-order valence-corrected chi connectivity index (χ1v) is 6.27. The minimum absolute atomic E-state index is 0.349. The molecule has 0 aliphatic rings. The minimum Gasteiger partial charge on any atom is -0.388 e. The molecule has 4 nitrogen and oxygen atoms in total. The molecule has 1 aromatic rings. The van der Waals surface area contributed by atoms with Crippen LogP contribution >= 0.6 is 11.6 Å². The molecule has 96 valence electrons. The minimum atomic E-state index is -0.609. The second kappa shape index (κ2) is 6.79. The van der Waals surface area contributed by atoms with E-state index >= 15 is 0 Å². The Balaban J connectivity index is 2.63. The average Bonchev–Trinajstić information content (AvgIpc) is 2.33. The van der Waals surface area contributed by atoms with E-state index in [0.29, 0.717) is 22.8 Å². The number of pyridine rings is 1. The van der Waals surface area contributed by atoms with Crippen molar-refractivity contribution < 1.29 is 5.11 Å². The summed E-state index contributed by atoms with van der Waals surface area (Å²) in [6.45, 7) is 7.00. The zero-order chi connectivity index (χ0) is 12.8. The van der Waals surface area contributed by atoms with E-state index in [0.717, 1.165) is 19.6 Å². The average molecular weight is 258 g/mol. The summed E-state index contributed by atoms with van der Waals surface area (Å²) in [4.78, 5) is 6.19. The Morgan fingerprint density at radius 1 is 1.47 bits per heavy atom. The van der Waals surface area contributed by atoms with Gasteiger partial charge in [0.25, 0.3) is 0 Å². The SMILES string of the molecule is CCN(CC)CCC(O)c1cc(Cl)cnc1N. The van der Waals surface area contributed by atoms with Crippen LogP contribution in [-0.2, 0) is 0 Å². The number of hydrogen-bond donors (Lipinski definition) is 2. The maximum absolute atomic E-state index is 10.1. The molecule has 0 fully saturated rings. The largest absolute Gasteiger partial charge is 0.388 e. The maximum Gasteiger partial charge on any atom is 0.129 e. The first-order chi connectivity index (χ1) is 8.08. The van der Waals surface area contributed by atoms with E-state index in [4.69, 9.17) is 17.3 Å². The smallest absolute Gasteiger partial charge is 0.129 e. The molecule has 0 aliphatic heterocycles. The molecule has 5 heteroatoms. The van der Waals surface area contributed by atoms with Crippen LogP contribution in [0.15, 0.2) is 12.3 Å². The van der Waals surface area contributed by atoms with Crippen LogP contribution in [-0.4, -0.2) is 34.6 Å². The molecule has 0 aliphatic carbocycles. The summed E-state index contributed by atoms with van der Waals surface area (Å²) in [5, 5.41) is 10.6. The van der Waals surface area contributed by atoms with Crippen LogP contribution in [0.2, 0.25) is 5.02 Å². The number of aliphatic hydroxyl groups excluding tert-OH is 1. The van der Waals surface area contributed by atoms with Crippen molar-refractivity contribution in [2.24, 2.45) is 0 Å². The van der Waals surface area contributed by atoms with E-state index in [1.807, 2.05) is 0 Å². The second-order valence-electron chi connectivity index (χ2n) is 3.96. The first kappa shape index (κ1) is 14.2. The number of halogens is 1. The maximum atomic E-state index is 10.1. The number of rotatable bonds is 6. The van der Waals surface area contributed by atoms with Gasteiger partial charge in [-0.05, 0) is 25.6 Å². The van der Waals surface area contributed by atoms with Crippen LogP contribution in [0.3, 0.4) is 0 Å². The van der Waals surface area contributed by atoms with Crippen LogP contribution in [0, 0.1) is 0 Å². The predicted molar refractivity (Wildman–Crippen MR) is 71.0 cm³/mol. The Hall–Kier alpha value is -0.840. The Bertz CT molecular complexity index is 356. The van der Waals surface area contributed by atoms with Crippen LogP contribution < -0.4 is 5.73 Å². The summed E-state index contributed by atoms with van der Waals surface area (Å²) in [5.74, 6) is 0.349. The Morgan fingerprint density at radius 3 is 2.71 bits per heavy atom. The second-order valence-corrected chi connectivity index (χ2v) is 4.40. The van der Waals surface area contributed by atoms with Gasteiger partial charge in [0, 0.05) is 18.3 Å². The van der Waals surface area contributed by atoms with E-state index in [2.05, 4.69) is 23.7 Å². The van der Waals surface area contributed by atoms with Gasteiger partial charge in [-0.15, -0.1) is 0 Å². The number of anilines is 1. The summed E-state index contributed by atoms with van der Waals surface area (Å²) in [7, 11) is 0. The number of nitrogens with two attached hydrogens (primary N) is 1. The fraction of sp³-hybridized carbons (Fsp3) is 0.583. The zero-order valence-electron chi connectivity index (χ0n) is 10.4. The monoisotopic (exact) mass is 257 g/mol. The van der Waals surface area contributed by atoms with Crippen LogP contribution in [0.25, 0.3) is 0 Å². The van der Waals surface area contributed by atoms with Gasteiger partial charge in [0.2, 0.25) is 0 Å². The summed E-state index contributed by atoms with van der Waals surface area (Å²) in [5.41, 5.74) is 6.33.